The van der Waals surface area contributed by atoms with E-state index in [4.69, 9.17) is 16.3 Å². The molecular formula is C21H17ClN4O5S. The number of hydrogen-bond donors (Lipinski definition) is 1. The summed E-state index contributed by atoms with van der Waals surface area (Å²) in [6.45, 7) is 0. The molecule has 0 bridgehead atoms. The monoisotopic (exact) mass is 472 g/mol. The van der Waals surface area contributed by atoms with Gasteiger partial charge in [-0.05, 0) is 43.2 Å². The van der Waals surface area contributed by atoms with E-state index in [0.29, 0.717) is 27.5 Å². The molecule has 3 aromatic heterocycles. The van der Waals surface area contributed by atoms with Gasteiger partial charge in [-0.15, -0.1) is 0 Å². The average molecular weight is 473 g/mol. The fourth-order valence-corrected chi connectivity index (χ4v) is 4.86. The number of sulfonamides is 1. The summed E-state index contributed by atoms with van der Waals surface area (Å²) in [5.74, 6) is 0.645. The minimum absolute atomic E-state index is 0.00500. The normalized spacial score (nSPS) is 13.9. The van der Waals surface area contributed by atoms with Crippen molar-refractivity contribution in [3.05, 3.63) is 69.8 Å². The maximum atomic E-state index is 12.8. The zero-order valence-electron chi connectivity index (χ0n) is 16.8. The van der Waals surface area contributed by atoms with Gasteiger partial charge in [-0.25, -0.2) is 13.4 Å². The third-order valence-electron chi connectivity index (χ3n) is 5.20. The van der Waals surface area contributed by atoms with Crippen molar-refractivity contribution in [2.75, 3.05) is 11.8 Å². The van der Waals surface area contributed by atoms with Crippen LogP contribution in [-0.2, 0) is 10.0 Å². The highest BCUT2D eigenvalue weighted by Gasteiger charge is 2.29. The van der Waals surface area contributed by atoms with E-state index in [0.717, 1.165) is 18.5 Å². The van der Waals surface area contributed by atoms with E-state index >= 15 is 0 Å². The van der Waals surface area contributed by atoms with Crippen molar-refractivity contribution in [1.29, 1.82) is 0 Å². The molecule has 4 aromatic rings. The minimum Gasteiger partial charge on any atom is -0.479 e. The van der Waals surface area contributed by atoms with Gasteiger partial charge in [0, 0.05) is 23.4 Å². The number of nitrogens with zero attached hydrogens (tertiary/aromatic N) is 3. The number of anilines is 1. The topological polar surface area (TPSA) is 116 Å². The first-order valence-corrected chi connectivity index (χ1v) is 11.6. The van der Waals surface area contributed by atoms with Crippen LogP contribution in [0.1, 0.15) is 24.5 Å². The number of fused-ring (bicyclic) bond motifs is 1. The number of rotatable bonds is 6. The van der Waals surface area contributed by atoms with Gasteiger partial charge in [-0.2, -0.15) is 0 Å². The second kappa shape index (κ2) is 7.64. The van der Waals surface area contributed by atoms with Crippen molar-refractivity contribution in [1.82, 2.24) is 14.7 Å². The maximum Gasteiger partial charge on any atom is 0.263 e. The summed E-state index contributed by atoms with van der Waals surface area (Å²) in [6, 6.07) is 10.4. The lowest BCUT2D eigenvalue weighted by Gasteiger charge is -2.16. The van der Waals surface area contributed by atoms with Gasteiger partial charge in [-0.3, -0.25) is 14.1 Å². The van der Waals surface area contributed by atoms with Crippen LogP contribution < -0.4 is 15.0 Å². The van der Waals surface area contributed by atoms with E-state index in [9.17, 15) is 13.2 Å². The molecule has 0 amide bonds. The van der Waals surface area contributed by atoms with Gasteiger partial charge < -0.3 is 9.26 Å². The highest BCUT2D eigenvalue weighted by atomic mass is 35.5. The van der Waals surface area contributed by atoms with E-state index < -0.39 is 10.0 Å². The average Bonchev–Trinajstić information content (AvgIpc) is 3.49. The molecule has 0 saturated heterocycles. The zero-order chi connectivity index (χ0) is 22.5. The highest BCUT2D eigenvalue weighted by Crippen LogP contribution is 2.44. The predicted octanol–water partition coefficient (Wildman–Crippen LogP) is 3.71. The summed E-state index contributed by atoms with van der Waals surface area (Å²) in [6.07, 6.45) is 3.30. The zero-order valence-corrected chi connectivity index (χ0v) is 18.4. The van der Waals surface area contributed by atoms with Crippen molar-refractivity contribution in [3.63, 3.8) is 0 Å². The van der Waals surface area contributed by atoms with Gasteiger partial charge in [0.2, 0.25) is 5.88 Å². The van der Waals surface area contributed by atoms with Crippen LogP contribution in [-0.4, -0.2) is 30.2 Å². The third kappa shape index (κ3) is 3.61. The maximum absolute atomic E-state index is 12.8. The van der Waals surface area contributed by atoms with Gasteiger partial charge in [0.25, 0.3) is 15.6 Å². The lowest BCUT2D eigenvalue weighted by Crippen LogP contribution is -2.19. The Bertz CT molecular complexity index is 1490. The molecule has 1 aliphatic carbocycles. The molecule has 1 aliphatic rings. The highest BCUT2D eigenvalue weighted by molar-refractivity contribution is 7.92. The second-order valence-electron chi connectivity index (χ2n) is 7.38. The molecule has 0 unspecified atom stereocenters. The first kappa shape index (κ1) is 20.5. The van der Waals surface area contributed by atoms with Crippen molar-refractivity contribution >= 4 is 38.3 Å². The molecule has 1 fully saturated rings. The fourth-order valence-electron chi connectivity index (χ4n) is 3.53. The Balaban J connectivity index is 1.64. The molecule has 0 spiro atoms. The van der Waals surface area contributed by atoms with E-state index in [1.807, 2.05) is 0 Å². The molecular weight excluding hydrogens is 456 g/mol. The fraction of sp³-hybridized carbons (Fsp3) is 0.190. The molecule has 5 rings (SSSR count). The Morgan fingerprint density at radius 1 is 1.19 bits per heavy atom. The Morgan fingerprint density at radius 3 is 2.69 bits per heavy atom. The van der Waals surface area contributed by atoms with Crippen LogP contribution in [0, 0.1) is 0 Å². The van der Waals surface area contributed by atoms with Gasteiger partial charge in [0.15, 0.2) is 5.82 Å². The standard InChI is InChI=1S/C21H17ClN4O5S/c1-30-21-17(11-15(22)20(23-21)12-2-3-12)26-16-6-5-14(10-13(16)4-7-19(26)27)32(28,29)25-18-8-9-31-24-18/h4-12H,2-3H2,1H3,(H,24,25). The molecule has 3 heterocycles. The Kier molecular flexibility index (Phi) is 4.90. The van der Waals surface area contributed by atoms with Crippen LogP contribution in [0.4, 0.5) is 5.82 Å². The number of benzene rings is 1. The number of aromatic nitrogens is 3. The number of ether oxygens (including phenoxy) is 1. The number of pyridine rings is 2. The third-order valence-corrected chi connectivity index (χ3v) is 6.86. The van der Waals surface area contributed by atoms with Crippen molar-refractivity contribution in [3.8, 4) is 11.6 Å². The van der Waals surface area contributed by atoms with E-state index in [1.165, 1.54) is 42.2 Å². The Hall–Kier alpha value is -3.37. The van der Waals surface area contributed by atoms with Crippen molar-refractivity contribution in [2.45, 2.75) is 23.7 Å². The first-order chi connectivity index (χ1) is 15.4. The molecule has 0 atom stereocenters. The van der Waals surface area contributed by atoms with Gasteiger partial charge in [0.05, 0.1) is 28.2 Å². The second-order valence-corrected chi connectivity index (χ2v) is 9.47. The molecule has 1 saturated carbocycles. The largest absolute Gasteiger partial charge is 0.479 e. The van der Waals surface area contributed by atoms with Gasteiger partial charge in [-0.1, -0.05) is 16.8 Å². The van der Waals surface area contributed by atoms with Crippen LogP contribution in [0.5, 0.6) is 5.88 Å². The molecule has 0 aliphatic heterocycles. The summed E-state index contributed by atoms with van der Waals surface area (Å²) in [4.78, 5) is 17.4. The van der Waals surface area contributed by atoms with E-state index in [2.05, 4.69) is 19.4 Å². The molecule has 11 heteroatoms. The van der Waals surface area contributed by atoms with Gasteiger partial charge in [0.1, 0.15) is 12.0 Å². The molecule has 164 valence electrons. The van der Waals surface area contributed by atoms with Crippen molar-refractivity contribution < 1.29 is 17.7 Å². The molecule has 32 heavy (non-hydrogen) atoms. The Labute approximate surface area is 187 Å². The van der Waals surface area contributed by atoms with Crippen molar-refractivity contribution in [2.24, 2.45) is 0 Å². The molecule has 0 radical (unpaired) electrons. The quantitative estimate of drug-likeness (QED) is 0.454. The summed E-state index contributed by atoms with van der Waals surface area (Å²) >= 11 is 6.46. The number of hydrogen-bond acceptors (Lipinski definition) is 7. The van der Waals surface area contributed by atoms with Gasteiger partial charge >= 0.3 is 0 Å². The van der Waals surface area contributed by atoms with Crippen LogP contribution in [0.3, 0.4) is 0 Å². The van der Waals surface area contributed by atoms with Crippen LogP contribution in [0.2, 0.25) is 5.02 Å². The summed E-state index contributed by atoms with van der Waals surface area (Å²) in [5.41, 5.74) is 1.29. The minimum atomic E-state index is -3.91. The SMILES string of the molecule is COc1nc(C2CC2)c(Cl)cc1-n1c(=O)ccc2cc(S(=O)(=O)Nc3ccon3)ccc21. The summed E-state index contributed by atoms with van der Waals surface area (Å²) in [7, 11) is -2.43. The van der Waals surface area contributed by atoms with E-state index in [-0.39, 0.29) is 22.2 Å². The van der Waals surface area contributed by atoms with Crippen LogP contribution >= 0.6 is 11.6 Å². The molecule has 1 aromatic carbocycles. The lowest BCUT2D eigenvalue weighted by molar-refractivity contribution is 0.394. The lowest BCUT2D eigenvalue weighted by atomic mass is 10.2. The Morgan fingerprint density at radius 2 is 2.00 bits per heavy atom. The smallest absolute Gasteiger partial charge is 0.263 e. The summed E-state index contributed by atoms with van der Waals surface area (Å²) < 4.78 is 39.3. The summed E-state index contributed by atoms with van der Waals surface area (Å²) in [5, 5.41) is 4.55. The number of methoxy groups -OCH3 is 1. The first-order valence-electron chi connectivity index (χ1n) is 9.71. The molecule has 9 nitrogen and oxygen atoms in total. The predicted molar refractivity (Wildman–Crippen MR) is 118 cm³/mol. The number of halogens is 1. The molecule has 1 N–H and O–H groups in total. The van der Waals surface area contributed by atoms with Crippen LogP contribution in [0.15, 0.2) is 62.9 Å². The van der Waals surface area contributed by atoms with Crippen LogP contribution in [0.25, 0.3) is 16.6 Å². The van der Waals surface area contributed by atoms with E-state index in [1.54, 1.807) is 18.2 Å². The number of nitrogens with one attached hydrogen (secondary N) is 1.